The van der Waals surface area contributed by atoms with Crippen molar-refractivity contribution in [3.05, 3.63) is 24.2 Å². The van der Waals surface area contributed by atoms with E-state index in [9.17, 15) is 4.39 Å². The van der Waals surface area contributed by atoms with Crippen LogP contribution in [0.5, 0.6) is 0 Å². The highest BCUT2D eigenvalue weighted by Gasteiger charge is 2.05. The van der Waals surface area contributed by atoms with Crippen LogP contribution in [0, 0.1) is 0 Å². The van der Waals surface area contributed by atoms with E-state index in [0.29, 0.717) is 5.56 Å². The zero-order valence-corrected chi connectivity index (χ0v) is 4.75. The maximum atomic E-state index is 11.7. The number of aliphatic hydroxyl groups excluding tert-OH is 1. The van der Waals surface area contributed by atoms with Gasteiger partial charge in [-0.15, -0.1) is 0 Å². The van der Waals surface area contributed by atoms with Gasteiger partial charge in [0.2, 0.25) is 0 Å². The third-order valence-corrected chi connectivity index (χ3v) is 1.07. The Morgan fingerprint density at radius 1 is 1.78 bits per heavy atom. The Hall–Kier alpha value is -0.830. The first-order chi connectivity index (χ1) is 4.34. The lowest BCUT2D eigenvalue weighted by atomic mass is 10.2. The van der Waals surface area contributed by atoms with Gasteiger partial charge in [-0.1, -0.05) is 0 Å². The molecule has 1 unspecified atom stereocenters. The molecule has 0 fully saturated rings. The van der Waals surface area contributed by atoms with Crippen molar-refractivity contribution in [3.8, 4) is 0 Å². The van der Waals surface area contributed by atoms with E-state index in [1.807, 2.05) is 0 Å². The summed E-state index contributed by atoms with van der Waals surface area (Å²) in [6.45, 7) is -0.764. The van der Waals surface area contributed by atoms with Gasteiger partial charge >= 0.3 is 0 Å². The minimum absolute atomic E-state index is 0.484. The van der Waals surface area contributed by atoms with E-state index in [1.54, 1.807) is 0 Å². The van der Waals surface area contributed by atoms with E-state index in [1.165, 1.54) is 18.6 Å². The van der Waals surface area contributed by atoms with Crippen LogP contribution >= 0.6 is 0 Å². The van der Waals surface area contributed by atoms with Crippen LogP contribution in [0.1, 0.15) is 11.7 Å². The molecule has 0 spiro atoms. The van der Waals surface area contributed by atoms with E-state index >= 15 is 0 Å². The van der Waals surface area contributed by atoms with Crippen molar-refractivity contribution in [2.24, 2.45) is 0 Å². The molecule has 0 saturated heterocycles. The average molecular weight is 130 g/mol. The van der Waals surface area contributed by atoms with Crippen molar-refractivity contribution in [2.45, 2.75) is 6.10 Å². The van der Waals surface area contributed by atoms with Gasteiger partial charge in [-0.25, -0.2) is 4.39 Å². The normalized spacial score (nSPS) is 13.6. The monoisotopic (exact) mass is 130 g/mol. The Bertz CT molecular complexity index is 160. The fraction of sp³-hybridized carbons (Fsp3) is 0.333. The van der Waals surface area contributed by atoms with E-state index in [2.05, 4.69) is 4.42 Å². The lowest BCUT2D eigenvalue weighted by Crippen LogP contribution is -1.95. The fourth-order valence-electron chi connectivity index (χ4n) is 0.554. The predicted octanol–water partition coefficient (Wildman–Crippen LogP) is 1.28. The van der Waals surface area contributed by atoms with Gasteiger partial charge < -0.3 is 9.52 Å². The Balaban J connectivity index is 2.65. The molecule has 0 amide bonds. The number of hydrogen-bond acceptors (Lipinski definition) is 2. The standard InChI is InChI=1S/C6H7FO2/c7-3-6(8)5-1-2-9-4-5/h1-2,4,6,8H,3H2. The number of alkyl halides is 1. The minimum atomic E-state index is -1.02. The second-order valence-electron chi connectivity index (χ2n) is 1.73. The molecule has 2 nitrogen and oxygen atoms in total. The highest BCUT2D eigenvalue weighted by atomic mass is 19.1. The molecule has 0 aliphatic rings. The van der Waals surface area contributed by atoms with E-state index in [0.717, 1.165) is 0 Å². The summed E-state index contributed by atoms with van der Waals surface area (Å²) >= 11 is 0. The topological polar surface area (TPSA) is 33.4 Å². The van der Waals surface area contributed by atoms with Gasteiger partial charge in [-0.05, 0) is 6.07 Å². The van der Waals surface area contributed by atoms with Crippen LogP contribution in [0.25, 0.3) is 0 Å². The van der Waals surface area contributed by atoms with Crippen molar-refractivity contribution in [1.82, 2.24) is 0 Å². The summed E-state index contributed by atoms with van der Waals surface area (Å²) in [7, 11) is 0. The van der Waals surface area contributed by atoms with Gasteiger partial charge in [-0.3, -0.25) is 0 Å². The molecule has 1 N–H and O–H groups in total. The molecule has 3 heteroatoms. The molecule has 1 atom stereocenters. The van der Waals surface area contributed by atoms with Crippen LogP contribution in [0.15, 0.2) is 23.0 Å². The third kappa shape index (κ3) is 1.29. The van der Waals surface area contributed by atoms with Crippen LogP contribution in [0.3, 0.4) is 0 Å². The summed E-state index contributed by atoms with van der Waals surface area (Å²) in [6.07, 6.45) is 1.70. The molecule has 1 heterocycles. The van der Waals surface area contributed by atoms with Crippen molar-refractivity contribution in [1.29, 1.82) is 0 Å². The molecule has 1 aromatic heterocycles. The van der Waals surface area contributed by atoms with Crippen molar-refractivity contribution >= 4 is 0 Å². The molecule has 0 bridgehead atoms. The molecular formula is C6H7FO2. The molecular weight excluding hydrogens is 123 g/mol. The van der Waals surface area contributed by atoms with Crippen LogP contribution in [0.4, 0.5) is 4.39 Å². The average Bonchev–Trinajstić information content (AvgIpc) is 2.37. The van der Waals surface area contributed by atoms with Crippen LogP contribution in [-0.4, -0.2) is 11.8 Å². The first-order valence-corrected chi connectivity index (χ1v) is 2.60. The van der Waals surface area contributed by atoms with E-state index < -0.39 is 12.8 Å². The number of aliphatic hydroxyl groups is 1. The summed E-state index contributed by atoms with van der Waals surface area (Å²) in [4.78, 5) is 0. The Morgan fingerprint density at radius 3 is 3.00 bits per heavy atom. The van der Waals surface area contributed by atoms with E-state index in [4.69, 9.17) is 5.11 Å². The predicted molar refractivity (Wildman–Crippen MR) is 29.6 cm³/mol. The molecule has 0 aliphatic carbocycles. The smallest absolute Gasteiger partial charge is 0.120 e. The second kappa shape index (κ2) is 2.64. The third-order valence-electron chi connectivity index (χ3n) is 1.07. The molecule has 0 radical (unpaired) electrons. The Labute approximate surface area is 51.9 Å². The molecule has 50 valence electrons. The fourth-order valence-corrected chi connectivity index (χ4v) is 0.554. The van der Waals surface area contributed by atoms with Crippen molar-refractivity contribution in [3.63, 3.8) is 0 Å². The number of furan rings is 1. The van der Waals surface area contributed by atoms with Crippen molar-refractivity contribution < 1.29 is 13.9 Å². The molecule has 0 saturated carbocycles. The first kappa shape index (κ1) is 6.29. The SMILES string of the molecule is OC(CF)c1ccoc1. The lowest BCUT2D eigenvalue weighted by molar-refractivity contribution is 0.141. The maximum absolute atomic E-state index is 11.7. The summed E-state index contributed by atoms with van der Waals surface area (Å²) < 4.78 is 16.3. The molecule has 9 heavy (non-hydrogen) atoms. The summed E-state index contributed by atoms with van der Waals surface area (Å²) in [5.74, 6) is 0. The second-order valence-corrected chi connectivity index (χ2v) is 1.73. The molecule has 0 aliphatic heterocycles. The van der Waals surface area contributed by atoms with Gasteiger partial charge in [0.05, 0.1) is 12.5 Å². The highest BCUT2D eigenvalue weighted by molar-refractivity contribution is 5.08. The summed E-state index contributed by atoms with van der Waals surface area (Å²) in [5.41, 5.74) is 0.484. The zero-order chi connectivity index (χ0) is 6.69. The summed E-state index contributed by atoms with van der Waals surface area (Å²) in [5, 5.41) is 8.78. The molecule has 1 rings (SSSR count). The van der Waals surface area contributed by atoms with Crippen molar-refractivity contribution in [2.75, 3.05) is 6.67 Å². The number of hydrogen-bond donors (Lipinski definition) is 1. The van der Waals surface area contributed by atoms with Crippen LogP contribution in [0.2, 0.25) is 0 Å². The largest absolute Gasteiger partial charge is 0.472 e. The highest BCUT2D eigenvalue weighted by Crippen LogP contribution is 2.12. The van der Waals surface area contributed by atoms with Gasteiger partial charge in [0.25, 0.3) is 0 Å². The molecule has 0 aromatic carbocycles. The number of rotatable bonds is 2. The lowest BCUT2D eigenvalue weighted by Gasteiger charge is -1.98. The first-order valence-electron chi connectivity index (χ1n) is 2.60. The van der Waals surface area contributed by atoms with Gasteiger partial charge in [-0.2, -0.15) is 0 Å². The van der Waals surface area contributed by atoms with E-state index in [-0.39, 0.29) is 0 Å². The Morgan fingerprint density at radius 2 is 2.56 bits per heavy atom. The van der Waals surface area contributed by atoms with Gasteiger partial charge in [0.15, 0.2) is 0 Å². The number of halogens is 1. The summed E-state index contributed by atoms with van der Waals surface area (Å²) in [6, 6.07) is 1.53. The zero-order valence-electron chi connectivity index (χ0n) is 4.75. The molecule has 1 aromatic rings. The quantitative estimate of drug-likeness (QED) is 0.654. The van der Waals surface area contributed by atoms with Crippen LogP contribution in [-0.2, 0) is 0 Å². The Kier molecular flexibility index (Phi) is 1.85. The van der Waals surface area contributed by atoms with Crippen LogP contribution < -0.4 is 0 Å². The minimum Gasteiger partial charge on any atom is -0.472 e. The maximum Gasteiger partial charge on any atom is 0.120 e. The van der Waals surface area contributed by atoms with Gasteiger partial charge in [0.1, 0.15) is 12.8 Å². The van der Waals surface area contributed by atoms with Gasteiger partial charge in [0, 0.05) is 5.56 Å².